The van der Waals surface area contributed by atoms with Gasteiger partial charge in [0.25, 0.3) is 0 Å². The highest BCUT2D eigenvalue weighted by molar-refractivity contribution is 8.00. The highest BCUT2D eigenvalue weighted by Crippen LogP contribution is 2.34. The number of carboxylic acids is 1. The largest absolute Gasteiger partial charge is 0.480 e. The molecule has 1 aromatic carbocycles. The van der Waals surface area contributed by atoms with E-state index in [9.17, 15) is 4.79 Å². The number of aliphatic carboxylic acids is 1. The summed E-state index contributed by atoms with van der Waals surface area (Å²) >= 11 is 1.40. The topological polar surface area (TPSA) is 49.3 Å². The Hall–Kier alpha value is -1.16. The molecule has 0 radical (unpaired) electrons. The van der Waals surface area contributed by atoms with Crippen LogP contribution in [0.3, 0.4) is 0 Å². The zero-order chi connectivity index (χ0) is 9.26. The zero-order valence-corrected chi connectivity index (χ0v) is 7.67. The Balaban J connectivity index is 2.24. The van der Waals surface area contributed by atoms with Gasteiger partial charge in [0.15, 0.2) is 0 Å². The van der Waals surface area contributed by atoms with Gasteiger partial charge in [0, 0.05) is 17.1 Å². The first-order chi connectivity index (χ1) is 6.27. The Morgan fingerprint density at radius 1 is 1.54 bits per heavy atom. The van der Waals surface area contributed by atoms with Crippen LogP contribution in [-0.4, -0.2) is 22.9 Å². The van der Waals surface area contributed by atoms with Crippen molar-refractivity contribution in [2.75, 3.05) is 11.9 Å². The molecule has 13 heavy (non-hydrogen) atoms. The second-order valence-corrected chi connectivity index (χ2v) is 4.07. The molecule has 0 saturated carbocycles. The van der Waals surface area contributed by atoms with Crippen LogP contribution in [0, 0.1) is 0 Å². The number of para-hydroxylation sites is 1. The van der Waals surface area contributed by atoms with E-state index in [1.807, 2.05) is 24.3 Å². The van der Waals surface area contributed by atoms with Crippen molar-refractivity contribution in [3.05, 3.63) is 24.3 Å². The van der Waals surface area contributed by atoms with E-state index in [0.717, 1.165) is 10.6 Å². The third-order valence-corrected chi connectivity index (χ3v) is 3.17. The second kappa shape index (κ2) is 3.30. The van der Waals surface area contributed by atoms with Gasteiger partial charge in [-0.2, -0.15) is 0 Å². The predicted octanol–water partition coefficient (Wildman–Crippen LogP) is 1.66. The zero-order valence-electron chi connectivity index (χ0n) is 6.86. The van der Waals surface area contributed by atoms with Crippen LogP contribution < -0.4 is 5.32 Å². The molecule has 0 aliphatic carbocycles. The number of carbonyl (C=O) groups is 1. The Morgan fingerprint density at radius 3 is 3.08 bits per heavy atom. The lowest BCUT2D eigenvalue weighted by Gasteiger charge is -2.22. The minimum Gasteiger partial charge on any atom is -0.480 e. The first-order valence-corrected chi connectivity index (χ1v) is 4.88. The molecule has 3 nitrogen and oxygen atoms in total. The number of rotatable bonds is 1. The van der Waals surface area contributed by atoms with Crippen LogP contribution in [0.5, 0.6) is 0 Å². The van der Waals surface area contributed by atoms with Crippen molar-refractivity contribution in [3.8, 4) is 0 Å². The standard InChI is InChI=1S/C9H9NO2S/c11-9(12)8-5-10-6-3-1-2-4-7(6)13-8/h1-4,8,10H,5H2,(H,11,12)/t8-/m0/s1. The SMILES string of the molecule is O=C(O)[C@@H]1CNc2ccccc2S1. The lowest BCUT2D eigenvalue weighted by atomic mass is 10.3. The maximum Gasteiger partial charge on any atom is 0.318 e. The average Bonchev–Trinajstić information content (AvgIpc) is 2.17. The van der Waals surface area contributed by atoms with E-state index in [0.29, 0.717) is 6.54 Å². The minimum atomic E-state index is -0.757. The molecular weight excluding hydrogens is 186 g/mol. The maximum absolute atomic E-state index is 10.7. The lowest BCUT2D eigenvalue weighted by Crippen LogP contribution is -2.28. The van der Waals surface area contributed by atoms with Crippen LogP contribution in [0.4, 0.5) is 5.69 Å². The molecule has 0 fully saturated rings. The summed E-state index contributed by atoms with van der Waals surface area (Å²) in [6.45, 7) is 0.497. The maximum atomic E-state index is 10.7. The van der Waals surface area contributed by atoms with Crippen molar-refractivity contribution in [3.63, 3.8) is 0 Å². The van der Waals surface area contributed by atoms with Gasteiger partial charge in [-0.25, -0.2) is 0 Å². The predicted molar refractivity (Wildman–Crippen MR) is 52.2 cm³/mol. The second-order valence-electron chi connectivity index (χ2n) is 2.82. The van der Waals surface area contributed by atoms with Crippen LogP contribution in [-0.2, 0) is 4.79 Å². The molecule has 0 unspecified atom stereocenters. The number of anilines is 1. The molecule has 0 spiro atoms. The molecule has 0 bridgehead atoms. The molecule has 1 aromatic rings. The summed E-state index contributed by atoms with van der Waals surface area (Å²) in [5.74, 6) is -0.757. The van der Waals surface area contributed by atoms with Gasteiger partial charge >= 0.3 is 5.97 Å². The van der Waals surface area contributed by atoms with E-state index in [1.54, 1.807) is 0 Å². The molecule has 2 N–H and O–H groups in total. The van der Waals surface area contributed by atoms with Crippen molar-refractivity contribution < 1.29 is 9.90 Å². The van der Waals surface area contributed by atoms with Gasteiger partial charge in [0.2, 0.25) is 0 Å². The van der Waals surface area contributed by atoms with E-state index in [1.165, 1.54) is 11.8 Å². The molecule has 0 amide bonds. The van der Waals surface area contributed by atoms with E-state index in [2.05, 4.69) is 5.32 Å². The van der Waals surface area contributed by atoms with Crippen LogP contribution in [0.2, 0.25) is 0 Å². The van der Waals surface area contributed by atoms with Crippen molar-refractivity contribution in [2.45, 2.75) is 10.1 Å². The highest BCUT2D eigenvalue weighted by Gasteiger charge is 2.23. The summed E-state index contributed by atoms with van der Waals surface area (Å²) in [6, 6.07) is 7.74. The summed E-state index contributed by atoms with van der Waals surface area (Å²) in [5, 5.41) is 11.5. The Morgan fingerprint density at radius 2 is 2.31 bits per heavy atom. The Labute approximate surface area is 80.1 Å². The van der Waals surface area contributed by atoms with Gasteiger partial charge in [-0.05, 0) is 12.1 Å². The third kappa shape index (κ3) is 1.62. The van der Waals surface area contributed by atoms with Crippen LogP contribution in [0.25, 0.3) is 0 Å². The van der Waals surface area contributed by atoms with Crippen molar-refractivity contribution in [1.29, 1.82) is 0 Å². The Bertz CT molecular complexity index is 340. The van der Waals surface area contributed by atoms with Crippen LogP contribution in [0.15, 0.2) is 29.2 Å². The first-order valence-electron chi connectivity index (χ1n) is 4.00. The van der Waals surface area contributed by atoms with E-state index >= 15 is 0 Å². The molecular formula is C9H9NO2S. The van der Waals surface area contributed by atoms with E-state index in [-0.39, 0.29) is 5.25 Å². The van der Waals surface area contributed by atoms with E-state index in [4.69, 9.17) is 5.11 Å². The van der Waals surface area contributed by atoms with Crippen LogP contribution in [0.1, 0.15) is 0 Å². The fourth-order valence-electron chi connectivity index (χ4n) is 1.25. The molecule has 0 aromatic heterocycles. The van der Waals surface area contributed by atoms with E-state index < -0.39 is 5.97 Å². The monoisotopic (exact) mass is 195 g/mol. The number of nitrogens with one attached hydrogen (secondary N) is 1. The molecule has 1 aliphatic rings. The summed E-state index contributed by atoms with van der Waals surface area (Å²) in [5.41, 5.74) is 1.03. The molecule has 1 heterocycles. The summed E-state index contributed by atoms with van der Waals surface area (Å²) in [6.07, 6.45) is 0. The quantitative estimate of drug-likeness (QED) is 0.715. The number of benzene rings is 1. The molecule has 1 aliphatic heterocycles. The molecule has 0 saturated heterocycles. The number of thioether (sulfide) groups is 1. The van der Waals surface area contributed by atoms with Gasteiger partial charge in [0.1, 0.15) is 5.25 Å². The van der Waals surface area contributed by atoms with Gasteiger partial charge in [0.05, 0.1) is 0 Å². The highest BCUT2D eigenvalue weighted by atomic mass is 32.2. The summed E-state index contributed by atoms with van der Waals surface area (Å²) < 4.78 is 0. The first kappa shape index (κ1) is 8.44. The number of hydrogen-bond acceptors (Lipinski definition) is 3. The summed E-state index contributed by atoms with van der Waals surface area (Å²) in [4.78, 5) is 11.7. The van der Waals surface area contributed by atoms with Crippen molar-refractivity contribution in [2.24, 2.45) is 0 Å². The average molecular weight is 195 g/mol. The minimum absolute atomic E-state index is 0.366. The number of fused-ring (bicyclic) bond motifs is 1. The smallest absolute Gasteiger partial charge is 0.318 e. The molecule has 1 atom stereocenters. The fourth-order valence-corrected chi connectivity index (χ4v) is 2.25. The normalized spacial score (nSPS) is 20.2. The molecule has 2 rings (SSSR count). The third-order valence-electron chi connectivity index (χ3n) is 1.91. The Kier molecular flexibility index (Phi) is 2.14. The van der Waals surface area contributed by atoms with Gasteiger partial charge in [-0.1, -0.05) is 12.1 Å². The summed E-state index contributed by atoms with van der Waals surface area (Å²) in [7, 11) is 0. The number of hydrogen-bond donors (Lipinski definition) is 2. The lowest BCUT2D eigenvalue weighted by molar-refractivity contribution is -0.136. The van der Waals surface area contributed by atoms with Gasteiger partial charge in [-0.15, -0.1) is 11.8 Å². The number of carboxylic acid groups (broad SMARTS) is 1. The molecule has 4 heteroatoms. The van der Waals surface area contributed by atoms with Gasteiger partial charge < -0.3 is 10.4 Å². The van der Waals surface area contributed by atoms with Gasteiger partial charge in [-0.3, -0.25) is 4.79 Å². The fraction of sp³-hybridized carbons (Fsp3) is 0.222. The van der Waals surface area contributed by atoms with Crippen LogP contribution >= 0.6 is 11.8 Å². The van der Waals surface area contributed by atoms with Crippen molar-refractivity contribution in [1.82, 2.24) is 0 Å². The van der Waals surface area contributed by atoms with Crippen molar-refractivity contribution >= 4 is 23.4 Å². The molecule has 68 valence electrons.